The van der Waals surface area contributed by atoms with Crippen molar-refractivity contribution in [3.8, 4) is 0 Å². The molecular weight excluding hydrogens is 286 g/mol. The summed E-state index contributed by atoms with van der Waals surface area (Å²) in [5.74, 6) is 0.494. The van der Waals surface area contributed by atoms with Crippen LogP contribution in [0.3, 0.4) is 0 Å². The fourth-order valence-electron chi connectivity index (χ4n) is 2.66. The summed E-state index contributed by atoms with van der Waals surface area (Å²) in [6.07, 6.45) is 2.05. The molecule has 2 heterocycles. The van der Waals surface area contributed by atoms with Gasteiger partial charge in [0.05, 0.1) is 4.88 Å². The van der Waals surface area contributed by atoms with E-state index in [0.717, 1.165) is 32.5 Å². The topological polar surface area (TPSA) is 61.4 Å². The zero-order valence-corrected chi connectivity index (χ0v) is 13.4. The van der Waals surface area contributed by atoms with Crippen LogP contribution < -0.4 is 10.6 Å². The Bertz CT molecular complexity index is 467. The highest BCUT2D eigenvalue weighted by Crippen LogP contribution is 2.17. The first-order valence-electron chi connectivity index (χ1n) is 7.39. The molecule has 116 valence electrons. The van der Waals surface area contributed by atoms with Crippen molar-refractivity contribution in [3.63, 3.8) is 0 Å². The Morgan fingerprint density at radius 2 is 2.14 bits per heavy atom. The number of nitrogens with one attached hydrogen (secondary N) is 2. The highest BCUT2D eigenvalue weighted by atomic mass is 32.1. The number of rotatable bonds is 5. The Morgan fingerprint density at radius 1 is 1.43 bits per heavy atom. The lowest BCUT2D eigenvalue weighted by atomic mass is 9.96. The summed E-state index contributed by atoms with van der Waals surface area (Å²) in [6.45, 7) is 4.33. The van der Waals surface area contributed by atoms with E-state index in [4.69, 9.17) is 0 Å². The second-order valence-electron chi connectivity index (χ2n) is 5.50. The van der Waals surface area contributed by atoms with Gasteiger partial charge in [-0.05, 0) is 50.7 Å². The second kappa shape index (κ2) is 7.56. The summed E-state index contributed by atoms with van der Waals surface area (Å²) in [5.41, 5.74) is 0. The fourth-order valence-corrected chi connectivity index (χ4v) is 3.28. The zero-order valence-electron chi connectivity index (χ0n) is 12.6. The highest BCUT2D eigenvalue weighted by molar-refractivity contribution is 7.12. The lowest BCUT2D eigenvalue weighted by molar-refractivity contribution is -0.134. The molecule has 2 N–H and O–H groups in total. The molecule has 0 radical (unpaired) electrons. The van der Waals surface area contributed by atoms with E-state index in [9.17, 15) is 9.59 Å². The predicted molar refractivity (Wildman–Crippen MR) is 84.5 cm³/mol. The van der Waals surface area contributed by atoms with Gasteiger partial charge in [-0.2, -0.15) is 0 Å². The molecule has 1 fully saturated rings. The average Bonchev–Trinajstić information content (AvgIpc) is 3.02. The van der Waals surface area contributed by atoms with Gasteiger partial charge in [0.2, 0.25) is 5.91 Å². The van der Waals surface area contributed by atoms with Gasteiger partial charge in [-0.3, -0.25) is 9.59 Å². The minimum Gasteiger partial charge on any atom is -0.341 e. The van der Waals surface area contributed by atoms with Gasteiger partial charge in [0.25, 0.3) is 5.91 Å². The van der Waals surface area contributed by atoms with E-state index in [1.54, 1.807) is 13.0 Å². The summed E-state index contributed by atoms with van der Waals surface area (Å²) in [5, 5.41) is 7.83. The van der Waals surface area contributed by atoms with Crippen LogP contribution in [-0.4, -0.2) is 49.4 Å². The summed E-state index contributed by atoms with van der Waals surface area (Å²) in [7, 11) is 1.96. The smallest absolute Gasteiger partial charge is 0.261 e. The van der Waals surface area contributed by atoms with Crippen LogP contribution in [0, 0.1) is 5.92 Å². The van der Waals surface area contributed by atoms with Crippen molar-refractivity contribution in [1.29, 1.82) is 0 Å². The Labute approximate surface area is 129 Å². The first-order chi connectivity index (χ1) is 10.1. The van der Waals surface area contributed by atoms with Crippen LogP contribution in [0.5, 0.6) is 0 Å². The lowest BCUT2D eigenvalue weighted by Gasteiger charge is -2.33. The molecule has 1 saturated heterocycles. The number of thiophene rings is 1. The third kappa shape index (κ3) is 4.28. The van der Waals surface area contributed by atoms with Crippen LogP contribution in [0.2, 0.25) is 0 Å². The van der Waals surface area contributed by atoms with Gasteiger partial charge in [0, 0.05) is 13.1 Å². The van der Waals surface area contributed by atoms with Gasteiger partial charge in [0.1, 0.15) is 6.04 Å². The molecule has 2 rings (SSSR count). The molecule has 0 bridgehead atoms. The average molecular weight is 309 g/mol. The minimum absolute atomic E-state index is 0.0165. The van der Waals surface area contributed by atoms with Crippen molar-refractivity contribution in [3.05, 3.63) is 22.4 Å². The zero-order chi connectivity index (χ0) is 15.2. The number of hydrogen-bond acceptors (Lipinski definition) is 4. The first kappa shape index (κ1) is 16.0. The van der Waals surface area contributed by atoms with E-state index in [2.05, 4.69) is 10.6 Å². The van der Waals surface area contributed by atoms with Crippen molar-refractivity contribution >= 4 is 23.2 Å². The Kier molecular flexibility index (Phi) is 5.76. The fraction of sp³-hybridized carbons (Fsp3) is 0.600. The van der Waals surface area contributed by atoms with E-state index in [1.165, 1.54) is 11.3 Å². The van der Waals surface area contributed by atoms with E-state index in [1.807, 2.05) is 23.4 Å². The van der Waals surface area contributed by atoms with Crippen molar-refractivity contribution in [2.75, 3.05) is 26.7 Å². The van der Waals surface area contributed by atoms with Crippen molar-refractivity contribution in [2.45, 2.75) is 25.8 Å². The van der Waals surface area contributed by atoms with Crippen molar-refractivity contribution in [1.82, 2.24) is 15.5 Å². The van der Waals surface area contributed by atoms with Crippen molar-refractivity contribution in [2.24, 2.45) is 5.92 Å². The highest BCUT2D eigenvalue weighted by Gasteiger charge is 2.26. The molecule has 5 nitrogen and oxygen atoms in total. The molecule has 0 aliphatic carbocycles. The van der Waals surface area contributed by atoms with Crippen LogP contribution in [0.4, 0.5) is 0 Å². The quantitative estimate of drug-likeness (QED) is 0.862. The molecular formula is C15H23N3O2S. The van der Waals surface area contributed by atoms with Crippen LogP contribution in [0.25, 0.3) is 0 Å². The molecule has 1 atom stereocenters. The van der Waals surface area contributed by atoms with E-state index in [0.29, 0.717) is 10.8 Å². The van der Waals surface area contributed by atoms with Crippen LogP contribution in [0.1, 0.15) is 29.4 Å². The molecule has 6 heteroatoms. The number of likely N-dealkylation sites (tertiary alicyclic amines) is 1. The molecule has 2 amide bonds. The van der Waals surface area contributed by atoms with Gasteiger partial charge in [-0.1, -0.05) is 6.07 Å². The van der Waals surface area contributed by atoms with Crippen molar-refractivity contribution < 1.29 is 9.59 Å². The normalized spacial score (nSPS) is 17.5. The minimum atomic E-state index is -0.472. The van der Waals surface area contributed by atoms with Gasteiger partial charge in [0.15, 0.2) is 0 Å². The SMILES string of the molecule is CNCC1CCN(C(=O)C(C)NC(=O)c2cccs2)CC1. The third-order valence-corrected chi connectivity index (χ3v) is 4.75. The monoisotopic (exact) mass is 309 g/mol. The molecule has 0 aromatic carbocycles. The van der Waals surface area contributed by atoms with Crippen LogP contribution in [0.15, 0.2) is 17.5 Å². The molecule has 21 heavy (non-hydrogen) atoms. The summed E-state index contributed by atoms with van der Waals surface area (Å²) in [4.78, 5) is 26.8. The van der Waals surface area contributed by atoms with Gasteiger partial charge in [-0.15, -0.1) is 11.3 Å². The molecule has 1 aliphatic heterocycles. The number of hydrogen-bond donors (Lipinski definition) is 2. The van der Waals surface area contributed by atoms with E-state index >= 15 is 0 Å². The summed E-state index contributed by atoms with van der Waals surface area (Å²) >= 11 is 1.38. The summed E-state index contributed by atoms with van der Waals surface area (Å²) < 4.78 is 0. The number of amides is 2. The molecule has 1 unspecified atom stereocenters. The number of piperidine rings is 1. The number of carbonyl (C=O) groups excluding carboxylic acids is 2. The number of carbonyl (C=O) groups is 2. The lowest BCUT2D eigenvalue weighted by Crippen LogP contribution is -2.49. The standard InChI is InChI=1S/C15H23N3O2S/c1-11(17-14(19)13-4-3-9-21-13)15(20)18-7-5-12(6-8-18)10-16-2/h3-4,9,11-12,16H,5-8,10H2,1-2H3,(H,17,19). The van der Waals surface area contributed by atoms with Crippen LogP contribution >= 0.6 is 11.3 Å². The second-order valence-corrected chi connectivity index (χ2v) is 6.45. The maximum absolute atomic E-state index is 12.4. The van der Waals surface area contributed by atoms with E-state index < -0.39 is 6.04 Å². The number of nitrogens with zero attached hydrogens (tertiary/aromatic N) is 1. The molecule has 0 spiro atoms. The third-order valence-electron chi connectivity index (χ3n) is 3.88. The van der Waals surface area contributed by atoms with Gasteiger partial charge in [-0.25, -0.2) is 0 Å². The van der Waals surface area contributed by atoms with Gasteiger partial charge < -0.3 is 15.5 Å². The Balaban J connectivity index is 1.81. The summed E-state index contributed by atoms with van der Waals surface area (Å²) in [6, 6.07) is 3.12. The predicted octanol–water partition coefficient (Wildman–Crippen LogP) is 1.32. The first-order valence-corrected chi connectivity index (χ1v) is 8.27. The largest absolute Gasteiger partial charge is 0.341 e. The maximum Gasteiger partial charge on any atom is 0.261 e. The van der Waals surface area contributed by atoms with Crippen LogP contribution in [-0.2, 0) is 4.79 Å². The Morgan fingerprint density at radius 3 is 2.71 bits per heavy atom. The molecule has 1 aromatic heterocycles. The van der Waals surface area contributed by atoms with Gasteiger partial charge >= 0.3 is 0 Å². The molecule has 1 aromatic rings. The molecule has 1 aliphatic rings. The van der Waals surface area contributed by atoms with E-state index in [-0.39, 0.29) is 11.8 Å². The Hall–Kier alpha value is -1.40. The molecule has 0 saturated carbocycles. The maximum atomic E-state index is 12.4.